The van der Waals surface area contributed by atoms with Gasteiger partial charge in [0.25, 0.3) is 11.8 Å². The third-order valence-corrected chi connectivity index (χ3v) is 20.2. The van der Waals surface area contributed by atoms with E-state index in [1.54, 1.807) is 108 Å². The summed E-state index contributed by atoms with van der Waals surface area (Å²) in [6.45, 7) is 21.0. The van der Waals surface area contributed by atoms with Crippen LogP contribution in [0.2, 0.25) is 0 Å². The summed E-state index contributed by atoms with van der Waals surface area (Å²) in [6.07, 6.45) is 31.3. The Kier molecular flexibility index (Phi) is 33.6. The summed E-state index contributed by atoms with van der Waals surface area (Å²) < 4.78 is 29.6. The molecule has 6 aromatic heterocycles. The van der Waals surface area contributed by atoms with Crippen LogP contribution in [0.15, 0.2) is 165 Å². The predicted octanol–water partition coefficient (Wildman–Crippen LogP) is 16.9. The van der Waals surface area contributed by atoms with E-state index in [-0.39, 0.29) is 52.9 Å². The van der Waals surface area contributed by atoms with E-state index in [4.69, 9.17) is 57.0 Å². The fourth-order valence-corrected chi connectivity index (χ4v) is 14.1. The van der Waals surface area contributed by atoms with Gasteiger partial charge < -0.3 is 75.0 Å². The highest BCUT2D eigenvalue weighted by Gasteiger charge is 2.35. The number of carboxylic acids is 1. The third-order valence-electron chi connectivity index (χ3n) is 20.2. The quantitative estimate of drug-likeness (QED) is 0.0364. The zero-order valence-electron chi connectivity index (χ0n) is 69.2. The smallest absolute Gasteiger partial charge is 0.410 e. The fraction of sp³-hybridized carbons (Fsp3) is 0.438. The maximum atomic E-state index is 12.9. The van der Waals surface area contributed by atoms with E-state index in [1.807, 2.05) is 106 Å². The number of aromatic carboxylic acids is 1. The molecule has 0 unspecified atom stereocenters. The van der Waals surface area contributed by atoms with Crippen LogP contribution in [0.3, 0.4) is 0 Å². The Bertz CT molecular complexity index is 4700. The van der Waals surface area contributed by atoms with Gasteiger partial charge in [0.15, 0.2) is 17.5 Å². The number of pyridine rings is 3. The Morgan fingerprint density at radius 2 is 0.792 bits per heavy atom. The minimum atomic E-state index is -1.02. The molecule has 6 aliphatic heterocycles. The number of carbonyl (C=O) groups is 5. The van der Waals surface area contributed by atoms with E-state index in [2.05, 4.69) is 66.5 Å². The van der Waals surface area contributed by atoms with Crippen LogP contribution in [0.1, 0.15) is 169 Å². The maximum Gasteiger partial charge on any atom is 0.410 e. The first kappa shape index (κ1) is 89.4. The number of rotatable bonds is 21. The molecule has 3 atom stereocenters. The number of piperidine rings is 3. The highest BCUT2D eigenvalue weighted by atomic mass is 35.5. The van der Waals surface area contributed by atoms with Gasteiger partial charge in [0.1, 0.15) is 45.5 Å². The molecule has 9 aromatic rings. The number of amides is 4. The van der Waals surface area contributed by atoms with Gasteiger partial charge in [0, 0.05) is 130 Å². The summed E-state index contributed by atoms with van der Waals surface area (Å²) >= 11 is 9.53. The van der Waals surface area contributed by atoms with Crippen molar-refractivity contribution in [1.82, 2.24) is 75.1 Å². The van der Waals surface area contributed by atoms with Gasteiger partial charge in [-0.25, -0.2) is 29.3 Å². The van der Waals surface area contributed by atoms with Crippen molar-refractivity contribution in [2.75, 3.05) is 99.8 Å². The van der Waals surface area contributed by atoms with Crippen LogP contribution in [-0.2, 0) is 9.47 Å². The fourth-order valence-electron chi connectivity index (χ4n) is 14.1. The first-order valence-corrected chi connectivity index (χ1v) is 42.5. The van der Waals surface area contributed by atoms with Gasteiger partial charge in [0.05, 0.1) is 41.6 Å². The van der Waals surface area contributed by atoms with Gasteiger partial charge in [-0.3, -0.25) is 24.5 Å². The lowest BCUT2D eigenvalue weighted by Crippen LogP contribution is -2.42. The molecule has 3 aromatic carbocycles. The summed E-state index contributed by atoms with van der Waals surface area (Å²) in [7, 11) is 0. The van der Waals surface area contributed by atoms with Gasteiger partial charge in [-0.15, -0.1) is 23.2 Å². The topological polar surface area (TPSA) is 341 Å². The second kappa shape index (κ2) is 45.1. The van der Waals surface area contributed by atoms with Gasteiger partial charge >= 0.3 is 18.2 Å². The number of ether oxygens (including phenoxy) is 5. The minimum absolute atomic E-state index is 0.0317. The van der Waals surface area contributed by atoms with E-state index >= 15 is 0 Å². The zero-order chi connectivity index (χ0) is 84.6. The Morgan fingerprint density at radius 3 is 1.10 bits per heavy atom. The van der Waals surface area contributed by atoms with Crippen molar-refractivity contribution in [1.29, 1.82) is 0 Å². The molecule has 6 N–H and O–H groups in total. The molecular formula is C89H110Cl2N18O11. The summed E-state index contributed by atoms with van der Waals surface area (Å²) in [5.74, 6) is 3.23. The predicted molar refractivity (Wildman–Crippen MR) is 464 cm³/mol. The Morgan fingerprint density at radius 1 is 0.433 bits per heavy atom. The van der Waals surface area contributed by atoms with Crippen molar-refractivity contribution in [3.8, 4) is 69.1 Å². The molecule has 0 saturated carbocycles. The molecule has 15 rings (SSSR count). The number of benzene rings is 3. The molecule has 12 heterocycles. The number of aromatic nitrogens is 9. The highest BCUT2D eigenvalue weighted by Crippen LogP contribution is 2.35. The number of halogens is 2. The molecule has 0 spiro atoms. The summed E-state index contributed by atoms with van der Waals surface area (Å²) in [5, 5.41) is 26.3. The molecule has 6 aliphatic rings. The van der Waals surface area contributed by atoms with Crippen molar-refractivity contribution in [3.05, 3.63) is 182 Å². The van der Waals surface area contributed by atoms with Crippen LogP contribution in [0.5, 0.6) is 34.9 Å². The molecule has 0 bridgehead atoms. The molecule has 6 saturated heterocycles. The molecule has 0 radical (unpaired) electrons. The largest absolute Gasteiger partial charge is 0.478 e. The van der Waals surface area contributed by atoms with Crippen LogP contribution in [0.4, 0.5) is 26.7 Å². The van der Waals surface area contributed by atoms with Crippen LogP contribution < -0.4 is 40.8 Å². The first-order chi connectivity index (χ1) is 58.1. The number of carboxylic acid groups (broad SMARTS) is 1. The normalized spacial score (nSPS) is 17.0. The van der Waals surface area contributed by atoms with Crippen molar-refractivity contribution in [3.63, 3.8) is 0 Å². The van der Waals surface area contributed by atoms with Crippen molar-refractivity contribution in [2.24, 2.45) is 0 Å². The van der Waals surface area contributed by atoms with Crippen LogP contribution in [0.25, 0.3) is 34.2 Å². The van der Waals surface area contributed by atoms with Crippen LogP contribution in [-0.4, -0.2) is 213 Å². The molecule has 4 amide bonds. The van der Waals surface area contributed by atoms with E-state index in [0.717, 1.165) is 119 Å². The molecular weight excluding hydrogens is 1570 g/mol. The molecule has 31 heteroatoms. The standard InChI is InChI=1S/C31H38N6O4.C26H30N6O2.C26H29N5O5.C5H11N.CH2Cl2/c1-31(2,3)41-30(39)37-18-8-10-24(37)20-33-26-21-34-27(23-9-7-15-32-19-23)35-28(26)40-25-13-11-22(12-14-25)29(38)36-16-5-4-6-17-36;33-26(32-14-2-1-3-15-32)19-8-10-22(11-9-19)34-25-23(29-17-21-7-5-13-28-21)18-30-24(31-25)20-6-4-12-27-16-20;1-26(2,3)36-25(34)31-13-5-7-19(31)15-28-21-16-29-22(18-6-4-12-27-14-18)30-23(21)35-20-10-8-17(9-11-20)24(32)33;1-2-4-6-5-3-1;2-1-3/h7,9,11-15,19,21,24,33H,4-6,8,10,16-18,20H2,1-3H3;4,6,8-12,16,18,21,28-29H,1-3,5,7,13-15,17H2;4,6,8-12,14,16,19,28H,5,7,13,15H2,1-3H3,(H,32,33);6H,1-5H2;1H2/t24-;21-;19-;;/m000../s1. The lowest BCUT2D eigenvalue weighted by molar-refractivity contribution is 0.0224. The number of nitrogens with zero attached hydrogens (tertiary/aromatic N) is 13. The molecule has 120 heavy (non-hydrogen) atoms. The second-order valence-electron chi connectivity index (χ2n) is 31.6. The van der Waals surface area contributed by atoms with Crippen molar-refractivity contribution in [2.45, 2.75) is 167 Å². The molecule has 636 valence electrons. The van der Waals surface area contributed by atoms with E-state index in [9.17, 15) is 24.0 Å². The lowest BCUT2D eigenvalue weighted by atomic mass is 10.1. The van der Waals surface area contributed by atoms with Crippen molar-refractivity contribution >= 4 is 70.2 Å². The SMILES string of the molecule is C1CCNCC1.CC(C)(C)OC(=O)N1CCC[C@H]1CNc1cnc(-c2cccnc2)nc1Oc1ccc(C(=O)N2CCCCC2)cc1.CC(C)(C)OC(=O)N1CCC[C@H]1CNc1cnc(-c2cccnc2)nc1Oc1ccc(C(=O)O)cc1.ClCCl.O=C(c1ccc(Oc2nc(-c3cccnc3)ncc2NC[C@@H]2CCCN2)cc1)N1CCCCC1. The molecule has 6 fully saturated rings. The molecule has 0 aliphatic carbocycles. The summed E-state index contributed by atoms with van der Waals surface area (Å²) in [5.41, 5.74) is 4.53. The van der Waals surface area contributed by atoms with E-state index < -0.39 is 17.2 Å². The van der Waals surface area contributed by atoms with Gasteiger partial charge in [-0.05, 0) is 260 Å². The number of hydrogen-bond donors (Lipinski definition) is 6. The lowest BCUT2D eigenvalue weighted by Gasteiger charge is -2.29. The van der Waals surface area contributed by atoms with Gasteiger partial charge in [0.2, 0.25) is 17.6 Å². The average molecular weight is 1680 g/mol. The third kappa shape index (κ3) is 27.6. The maximum absolute atomic E-state index is 12.9. The second-order valence-corrected chi connectivity index (χ2v) is 32.4. The zero-order valence-corrected chi connectivity index (χ0v) is 70.7. The van der Waals surface area contributed by atoms with Gasteiger partial charge in [-0.2, -0.15) is 15.0 Å². The Hall–Kier alpha value is -11.4. The van der Waals surface area contributed by atoms with Crippen LogP contribution in [0, 0.1) is 0 Å². The van der Waals surface area contributed by atoms with Crippen LogP contribution >= 0.6 is 23.2 Å². The number of hydrogen-bond acceptors (Lipinski definition) is 24. The van der Waals surface area contributed by atoms with Gasteiger partial charge in [-0.1, -0.05) is 6.42 Å². The number of anilines is 3. The molecule has 29 nitrogen and oxygen atoms in total. The Labute approximate surface area is 711 Å². The number of alkyl halides is 2. The number of nitrogens with one attached hydrogen (secondary N) is 5. The Balaban J connectivity index is 0.000000167. The number of carbonyl (C=O) groups excluding carboxylic acids is 4. The average Bonchev–Trinajstić information content (AvgIpc) is 1.50. The van der Waals surface area contributed by atoms with E-state index in [1.165, 1.54) is 63.7 Å². The summed E-state index contributed by atoms with van der Waals surface area (Å²) in [4.78, 5) is 110. The van der Waals surface area contributed by atoms with Crippen molar-refractivity contribution < 1.29 is 52.8 Å². The highest BCUT2D eigenvalue weighted by molar-refractivity contribution is 6.40. The number of likely N-dealkylation sites (tertiary alicyclic amines) is 4. The monoisotopic (exact) mass is 1680 g/mol. The van der Waals surface area contributed by atoms with E-state index in [0.29, 0.717) is 101 Å². The first-order valence-electron chi connectivity index (χ1n) is 41.4. The minimum Gasteiger partial charge on any atom is -0.478 e. The summed E-state index contributed by atoms with van der Waals surface area (Å²) in [6, 6.07) is 32.0.